The maximum atomic E-state index is 10.9. The zero-order valence-electron chi connectivity index (χ0n) is 9.16. The van der Waals surface area contributed by atoms with Crippen LogP contribution in [0.4, 0.5) is 0 Å². The summed E-state index contributed by atoms with van der Waals surface area (Å²) in [7, 11) is 1.37. The molecule has 0 saturated carbocycles. The quantitative estimate of drug-likeness (QED) is 0.660. The lowest BCUT2D eigenvalue weighted by Crippen LogP contribution is -2.48. The van der Waals surface area contributed by atoms with Gasteiger partial charge in [0.25, 0.3) is 0 Å². The number of ether oxygens (including phenoxy) is 3. The van der Waals surface area contributed by atoms with Gasteiger partial charge in [0.1, 0.15) is 5.60 Å². The van der Waals surface area contributed by atoms with Crippen molar-refractivity contribution in [2.45, 2.75) is 24.9 Å². The molecule has 5 heteroatoms. The normalized spacial score (nSPS) is 26.3. The van der Waals surface area contributed by atoms with Crippen LogP contribution in [0, 0.1) is 0 Å². The van der Waals surface area contributed by atoms with Gasteiger partial charge < -0.3 is 19.9 Å². The Hall–Kier alpha value is -0.650. The predicted octanol–water partition coefficient (Wildman–Crippen LogP) is 0.0740. The van der Waals surface area contributed by atoms with Crippen LogP contribution in [0.25, 0.3) is 0 Å². The van der Waals surface area contributed by atoms with Gasteiger partial charge in [-0.3, -0.25) is 4.79 Å². The van der Waals surface area contributed by atoms with Gasteiger partial charge in [0.05, 0.1) is 26.7 Å². The van der Waals surface area contributed by atoms with Crippen LogP contribution in [0.5, 0.6) is 0 Å². The highest BCUT2D eigenvalue weighted by molar-refractivity contribution is 5.69. The molecule has 1 rings (SSSR count). The number of hydrogen-bond donors (Lipinski definition) is 1. The molecule has 0 amide bonds. The molecule has 15 heavy (non-hydrogen) atoms. The molecule has 2 N–H and O–H groups in total. The minimum Gasteiger partial charge on any atom is -0.469 e. The second-order valence-corrected chi connectivity index (χ2v) is 3.72. The molecule has 0 aliphatic carbocycles. The number of carbonyl (C=O) groups is 1. The fourth-order valence-electron chi connectivity index (χ4n) is 1.61. The summed E-state index contributed by atoms with van der Waals surface area (Å²) in [5, 5.41) is 0. The molecule has 5 nitrogen and oxygen atoms in total. The first kappa shape index (κ1) is 12.4. The third-order valence-electron chi connectivity index (χ3n) is 2.60. The lowest BCUT2D eigenvalue weighted by atomic mass is 9.96. The molecule has 0 aromatic rings. The van der Waals surface area contributed by atoms with Gasteiger partial charge in [-0.1, -0.05) is 0 Å². The first-order valence-corrected chi connectivity index (χ1v) is 5.21. The lowest BCUT2D eigenvalue weighted by molar-refractivity contribution is -0.149. The Morgan fingerprint density at radius 2 is 2.40 bits per heavy atom. The van der Waals surface area contributed by atoms with Crippen LogP contribution >= 0.6 is 0 Å². The smallest absolute Gasteiger partial charge is 0.307 e. The third kappa shape index (κ3) is 3.77. The van der Waals surface area contributed by atoms with Crippen LogP contribution in [0.3, 0.4) is 0 Å². The maximum absolute atomic E-state index is 10.9. The molecular formula is C10H19NO4. The Kier molecular flexibility index (Phi) is 5.01. The summed E-state index contributed by atoms with van der Waals surface area (Å²) in [6, 6.07) is 0. The molecule has 0 aromatic carbocycles. The van der Waals surface area contributed by atoms with E-state index in [1.165, 1.54) is 7.11 Å². The van der Waals surface area contributed by atoms with Gasteiger partial charge in [-0.25, -0.2) is 0 Å². The van der Waals surface area contributed by atoms with E-state index >= 15 is 0 Å². The van der Waals surface area contributed by atoms with Gasteiger partial charge >= 0.3 is 5.97 Å². The average Bonchev–Trinajstić information content (AvgIpc) is 2.30. The van der Waals surface area contributed by atoms with Gasteiger partial charge in [-0.05, 0) is 12.8 Å². The summed E-state index contributed by atoms with van der Waals surface area (Å²) in [6.45, 7) is 2.05. The Morgan fingerprint density at radius 1 is 1.60 bits per heavy atom. The monoisotopic (exact) mass is 217 g/mol. The predicted molar refractivity (Wildman–Crippen MR) is 54.4 cm³/mol. The summed E-state index contributed by atoms with van der Waals surface area (Å²) in [5.41, 5.74) is 5.27. The van der Waals surface area contributed by atoms with Gasteiger partial charge in [0.15, 0.2) is 0 Å². The van der Waals surface area contributed by atoms with Crippen molar-refractivity contribution < 1.29 is 19.0 Å². The Labute approximate surface area is 89.9 Å². The number of esters is 1. The zero-order chi connectivity index (χ0) is 11.1. The lowest BCUT2D eigenvalue weighted by Gasteiger charge is -2.35. The van der Waals surface area contributed by atoms with Gasteiger partial charge in [-0.2, -0.15) is 0 Å². The fraction of sp³-hybridized carbons (Fsp3) is 0.900. The van der Waals surface area contributed by atoms with Gasteiger partial charge in [0.2, 0.25) is 0 Å². The molecule has 1 heterocycles. The van der Waals surface area contributed by atoms with Crippen LogP contribution in [0.2, 0.25) is 0 Å². The maximum Gasteiger partial charge on any atom is 0.307 e. The molecule has 1 aliphatic rings. The van der Waals surface area contributed by atoms with Crippen molar-refractivity contribution in [1.82, 2.24) is 0 Å². The van der Waals surface area contributed by atoms with Crippen molar-refractivity contribution in [3.05, 3.63) is 0 Å². The van der Waals surface area contributed by atoms with E-state index in [9.17, 15) is 4.79 Å². The van der Waals surface area contributed by atoms with E-state index in [1.807, 2.05) is 0 Å². The van der Waals surface area contributed by atoms with Crippen molar-refractivity contribution >= 4 is 5.97 Å². The third-order valence-corrected chi connectivity index (χ3v) is 2.60. The van der Waals surface area contributed by atoms with Crippen molar-refractivity contribution in [3.8, 4) is 0 Å². The molecule has 0 bridgehead atoms. The van der Waals surface area contributed by atoms with Crippen LogP contribution in [0.15, 0.2) is 0 Å². The molecule has 1 unspecified atom stereocenters. The van der Waals surface area contributed by atoms with E-state index < -0.39 is 5.60 Å². The van der Waals surface area contributed by atoms with Gasteiger partial charge in [0, 0.05) is 13.2 Å². The highest BCUT2D eigenvalue weighted by Gasteiger charge is 2.32. The topological polar surface area (TPSA) is 70.8 Å². The van der Waals surface area contributed by atoms with Crippen molar-refractivity contribution in [1.29, 1.82) is 0 Å². The van der Waals surface area contributed by atoms with E-state index in [-0.39, 0.29) is 12.4 Å². The first-order chi connectivity index (χ1) is 7.22. The molecule has 1 fully saturated rings. The fourth-order valence-corrected chi connectivity index (χ4v) is 1.61. The minimum atomic E-state index is -0.397. The number of rotatable bonds is 5. The summed E-state index contributed by atoms with van der Waals surface area (Å²) >= 11 is 0. The van der Waals surface area contributed by atoms with Crippen molar-refractivity contribution in [3.63, 3.8) is 0 Å². The Morgan fingerprint density at radius 3 is 2.93 bits per heavy atom. The summed E-state index contributed by atoms with van der Waals surface area (Å²) < 4.78 is 15.5. The van der Waals surface area contributed by atoms with Gasteiger partial charge in [-0.15, -0.1) is 0 Å². The van der Waals surface area contributed by atoms with Crippen molar-refractivity contribution in [2.75, 3.05) is 33.5 Å². The molecule has 0 aromatic heterocycles. The second kappa shape index (κ2) is 6.05. The average molecular weight is 217 g/mol. The van der Waals surface area contributed by atoms with E-state index in [2.05, 4.69) is 4.74 Å². The first-order valence-electron chi connectivity index (χ1n) is 5.21. The van der Waals surface area contributed by atoms with E-state index in [1.54, 1.807) is 0 Å². The molecule has 1 saturated heterocycles. The van der Waals surface area contributed by atoms with Crippen LogP contribution < -0.4 is 5.73 Å². The summed E-state index contributed by atoms with van der Waals surface area (Å²) in [4.78, 5) is 10.9. The van der Waals surface area contributed by atoms with Crippen LogP contribution in [-0.4, -0.2) is 45.0 Å². The minimum absolute atomic E-state index is 0.262. The molecule has 1 aliphatic heterocycles. The molecule has 0 spiro atoms. The van der Waals surface area contributed by atoms with Crippen LogP contribution in [0.1, 0.15) is 19.3 Å². The molecular weight excluding hydrogens is 198 g/mol. The Balaban J connectivity index is 2.29. The van der Waals surface area contributed by atoms with Crippen LogP contribution in [-0.2, 0) is 19.0 Å². The van der Waals surface area contributed by atoms with E-state index in [0.717, 1.165) is 19.4 Å². The molecule has 0 radical (unpaired) electrons. The van der Waals surface area contributed by atoms with E-state index in [0.29, 0.717) is 19.8 Å². The molecule has 88 valence electrons. The number of hydrogen-bond acceptors (Lipinski definition) is 5. The number of nitrogens with two attached hydrogens (primary N) is 1. The highest BCUT2D eigenvalue weighted by Crippen LogP contribution is 2.22. The number of methoxy groups -OCH3 is 1. The largest absolute Gasteiger partial charge is 0.469 e. The Bertz CT molecular complexity index is 202. The van der Waals surface area contributed by atoms with E-state index in [4.69, 9.17) is 15.2 Å². The summed E-state index contributed by atoms with van der Waals surface area (Å²) in [5.74, 6) is -0.265. The molecule has 1 atom stereocenters. The SMILES string of the molecule is COC(=O)CCOC1(CN)CCCOC1. The zero-order valence-corrected chi connectivity index (χ0v) is 9.16. The highest BCUT2D eigenvalue weighted by atomic mass is 16.6. The standard InChI is InChI=1S/C10H19NO4/c1-13-9(12)3-6-15-10(7-11)4-2-5-14-8-10/h2-8,11H2,1H3. The van der Waals surface area contributed by atoms with Crippen molar-refractivity contribution in [2.24, 2.45) is 5.73 Å². The second-order valence-electron chi connectivity index (χ2n) is 3.72. The number of carbonyl (C=O) groups excluding carboxylic acids is 1. The summed E-state index contributed by atoms with van der Waals surface area (Å²) in [6.07, 6.45) is 2.11.